The number of hydrogen-bond donors (Lipinski definition) is 3. The van der Waals surface area contributed by atoms with Crippen molar-refractivity contribution in [3.05, 3.63) is 77.3 Å². The summed E-state index contributed by atoms with van der Waals surface area (Å²) in [5, 5.41) is 24.9. The van der Waals surface area contributed by atoms with Crippen LogP contribution in [0.2, 0.25) is 0 Å². The Balaban J connectivity index is 1.18. The van der Waals surface area contributed by atoms with Crippen molar-refractivity contribution in [2.24, 2.45) is 0 Å². The molecule has 238 valence electrons. The molecule has 4 heterocycles. The van der Waals surface area contributed by atoms with E-state index in [0.29, 0.717) is 29.7 Å². The highest BCUT2D eigenvalue weighted by Crippen LogP contribution is 2.50. The first kappa shape index (κ1) is 29.5. The maximum atomic E-state index is 13.3. The van der Waals surface area contributed by atoms with Crippen LogP contribution in [0.25, 0.3) is 11.5 Å². The molecule has 1 amide bonds. The Morgan fingerprint density at radius 3 is 2.57 bits per heavy atom. The summed E-state index contributed by atoms with van der Waals surface area (Å²) in [6, 6.07) is 13.9. The quantitative estimate of drug-likeness (QED) is 0.214. The van der Waals surface area contributed by atoms with Crippen LogP contribution in [-0.2, 0) is 20.7 Å². The number of esters is 1. The van der Waals surface area contributed by atoms with Gasteiger partial charge in [0.15, 0.2) is 5.60 Å². The number of nitrogens with one attached hydrogen (secondary N) is 2. The van der Waals surface area contributed by atoms with E-state index in [-0.39, 0.29) is 30.2 Å². The number of halogens is 2. The van der Waals surface area contributed by atoms with Crippen LogP contribution >= 0.6 is 0 Å². The van der Waals surface area contributed by atoms with Crippen LogP contribution in [0, 0.1) is 0 Å². The lowest BCUT2D eigenvalue weighted by molar-refractivity contribution is -0.125. The Morgan fingerprint density at radius 2 is 1.87 bits per heavy atom. The lowest BCUT2D eigenvalue weighted by atomic mass is 9.95. The first-order chi connectivity index (χ1) is 22.0. The summed E-state index contributed by atoms with van der Waals surface area (Å²) in [6.45, 7) is 1.94. The number of amides is 1. The third-order valence-corrected chi connectivity index (χ3v) is 8.11. The monoisotopic (exact) mass is 633 g/mol. The van der Waals surface area contributed by atoms with Gasteiger partial charge in [-0.05, 0) is 37.6 Å². The molecule has 1 atom stereocenters. The predicted molar refractivity (Wildman–Crippen MR) is 157 cm³/mol. The molecule has 15 heteroatoms. The SMILES string of the molecule is CC1(C)OC(=O)c2ccc(Nc3ncc(-c4nnc(C5(OC(=O)N6CC(F)(F)C6)CC5)o4)c(NC(CO)c4ccccc4)n3)cc21. The number of carbonyl (C=O) groups is 2. The number of aliphatic hydroxyl groups is 1. The number of rotatable bonds is 9. The minimum atomic E-state index is -2.92. The van der Waals surface area contributed by atoms with Gasteiger partial charge in [0.25, 0.3) is 17.7 Å². The van der Waals surface area contributed by atoms with Crippen molar-refractivity contribution in [2.45, 2.75) is 49.9 Å². The largest absolute Gasteiger partial charge is 0.451 e. The maximum absolute atomic E-state index is 13.3. The number of aliphatic hydroxyl groups excluding tert-OH is 1. The number of aromatic nitrogens is 4. The number of cyclic esters (lactones) is 1. The van der Waals surface area contributed by atoms with E-state index in [4.69, 9.17) is 13.9 Å². The lowest BCUT2D eigenvalue weighted by Crippen LogP contribution is -2.58. The van der Waals surface area contributed by atoms with Crippen molar-refractivity contribution in [1.82, 2.24) is 25.1 Å². The molecule has 4 aromatic rings. The molecule has 2 aromatic carbocycles. The van der Waals surface area contributed by atoms with Crippen molar-refractivity contribution in [2.75, 3.05) is 30.3 Å². The molecule has 1 unspecified atom stereocenters. The minimum Gasteiger partial charge on any atom is -0.451 e. The molecule has 0 bridgehead atoms. The highest BCUT2D eigenvalue weighted by molar-refractivity contribution is 5.95. The van der Waals surface area contributed by atoms with Crippen LogP contribution in [0.1, 0.15) is 60.1 Å². The smallest absolute Gasteiger partial charge is 0.411 e. The number of fused-ring (bicyclic) bond motifs is 1. The lowest BCUT2D eigenvalue weighted by Gasteiger charge is -2.38. The van der Waals surface area contributed by atoms with Crippen LogP contribution in [0.3, 0.4) is 0 Å². The third-order valence-electron chi connectivity index (χ3n) is 8.11. The van der Waals surface area contributed by atoms with E-state index in [0.717, 1.165) is 16.0 Å². The molecular weight excluding hydrogens is 604 g/mol. The van der Waals surface area contributed by atoms with Gasteiger partial charge in [-0.2, -0.15) is 4.98 Å². The number of anilines is 3. The third kappa shape index (κ3) is 5.46. The molecule has 3 N–H and O–H groups in total. The molecule has 0 spiro atoms. The zero-order valence-electron chi connectivity index (χ0n) is 24.8. The Hall–Kier alpha value is -5.18. The van der Waals surface area contributed by atoms with Gasteiger partial charge in [-0.1, -0.05) is 30.3 Å². The first-order valence-corrected chi connectivity index (χ1v) is 14.6. The summed E-state index contributed by atoms with van der Waals surface area (Å²) in [7, 11) is 0. The second kappa shape index (κ2) is 10.7. The van der Waals surface area contributed by atoms with Crippen LogP contribution in [0.15, 0.2) is 59.1 Å². The van der Waals surface area contributed by atoms with Crippen LogP contribution in [0.5, 0.6) is 0 Å². The van der Waals surface area contributed by atoms with Gasteiger partial charge in [0.05, 0.1) is 36.9 Å². The van der Waals surface area contributed by atoms with E-state index in [1.165, 1.54) is 6.20 Å². The summed E-state index contributed by atoms with van der Waals surface area (Å²) in [5.41, 5.74) is 0.915. The fourth-order valence-corrected chi connectivity index (χ4v) is 5.42. The van der Waals surface area contributed by atoms with Gasteiger partial charge < -0.3 is 29.6 Å². The molecule has 1 aliphatic carbocycles. The second-order valence-electron chi connectivity index (χ2n) is 12.0. The van der Waals surface area contributed by atoms with E-state index in [1.54, 1.807) is 32.0 Å². The highest BCUT2D eigenvalue weighted by atomic mass is 19.3. The first-order valence-electron chi connectivity index (χ1n) is 14.6. The Labute approximate surface area is 261 Å². The molecule has 2 aromatic heterocycles. The summed E-state index contributed by atoms with van der Waals surface area (Å²) >= 11 is 0. The van der Waals surface area contributed by atoms with Gasteiger partial charge in [-0.15, -0.1) is 10.2 Å². The number of benzene rings is 2. The van der Waals surface area contributed by atoms with E-state index in [2.05, 4.69) is 30.8 Å². The number of alkyl halides is 2. The van der Waals surface area contributed by atoms with Crippen LogP contribution < -0.4 is 10.6 Å². The number of carbonyl (C=O) groups excluding carboxylic acids is 2. The van der Waals surface area contributed by atoms with Crippen molar-refractivity contribution in [1.29, 1.82) is 0 Å². The molecule has 0 radical (unpaired) electrons. The minimum absolute atomic E-state index is 0.0153. The molecule has 2 fully saturated rings. The van der Waals surface area contributed by atoms with Crippen LogP contribution in [0.4, 0.5) is 31.0 Å². The number of nitrogens with zero attached hydrogens (tertiary/aromatic N) is 5. The molecule has 2 aliphatic heterocycles. The summed E-state index contributed by atoms with van der Waals surface area (Å²) in [6.07, 6.45) is 1.38. The van der Waals surface area contributed by atoms with Crippen molar-refractivity contribution in [3.8, 4) is 11.5 Å². The second-order valence-corrected chi connectivity index (χ2v) is 12.0. The topological polar surface area (TPSA) is 165 Å². The average molecular weight is 634 g/mol. The predicted octanol–water partition coefficient (Wildman–Crippen LogP) is 4.90. The average Bonchev–Trinajstić information content (AvgIpc) is 3.54. The van der Waals surface area contributed by atoms with Crippen LogP contribution in [-0.4, -0.2) is 67.9 Å². The summed E-state index contributed by atoms with van der Waals surface area (Å²) in [4.78, 5) is 34.7. The molecule has 1 saturated carbocycles. The zero-order valence-corrected chi connectivity index (χ0v) is 24.8. The molecule has 1 saturated heterocycles. The zero-order chi connectivity index (χ0) is 32.3. The highest BCUT2D eigenvalue weighted by Gasteiger charge is 2.56. The number of hydrogen-bond acceptors (Lipinski definition) is 12. The number of ether oxygens (including phenoxy) is 2. The van der Waals surface area contributed by atoms with Gasteiger partial charge in [0.2, 0.25) is 5.95 Å². The van der Waals surface area contributed by atoms with E-state index >= 15 is 0 Å². The van der Waals surface area contributed by atoms with Gasteiger partial charge in [0, 0.05) is 30.3 Å². The Morgan fingerprint density at radius 1 is 1.11 bits per heavy atom. The Bertz CT molecular complexity index is 1820. The standard InChI is InChI=1S/C31H29F2N7O6/c1-29(2)21-12-18(8-9-19(21)25(42)45-29)35-27-34-13-20(23(37-27)36-22(14-41)17-6-4-3-5-7-17)24-38-39-26(44-24)30(10-11-30)46-28(43)40-15-31(32,33)16-40/h3-9,12-13,22,41H,10-11,14-16H2,1-2H3,(H2,34,35,36,37). The molecule has 13 nitrogen and oxygen atoms in total. The molecule has 46 heavy (non-hydrogen) atoms. The number of likely N-dealkylation sites (tertiary alicyclic amines) is 1. The van der Waals surface area contributed by atoms with E-state index in [1.807, 2.05) is 30.3 Å². The molecule has 3 aliphatic rings. The van der Waals surface area contributed by atoms with Crippen molar-refractivity contribution < 1.29 is 37.4 Å². The Kier molecular flexibility index (Phi) is 6.88. The fourth-order valence-electron chi connectivity index (χ4n) is 5.42. The van der Waals surface area contributed by atoms with E-state index < -0.39 is 48.3 Å². The van der Waals surface area contributed by atoms with Gasteiger partial charge in [-0.25, -0.2) is 23.4 Å². The van der Waals surface area contributed by atoms with Crippen molar-refractivity contribution in [3.63, 3.8) is 0 Å². The van der Waals surface area contributed by atoms with Gasteiger partial charge >= 0.3 is 12.1 Å². The molecular formula is C31H29F2N7O6. The van der Waals surface area contributed by atoms with Crippen molar-refractivity contribution >= 4 is 29.5 Å². The summed E-state index contributed by atoms with van der Waals surface area (Å²) in [5.74, 6) is -2.83. The van der Waals surface area contributed by atoms with Gasteiger partial charge in [0.1, 0.15) is 11.4 Å². The van der Waals surface area contributed by atoms with E-state index in [9.17, 15) is 23.5 Å². The van der Waals surface area contributed by atoms with Gasteiger partial charge in [-0.3, -0.25) is 4.90 Å². The summed E-state index contributed by atoms with van der Waals surface area (Å²) < 4.78 is 43.5. The molecule has 7 rings (SSSR count). The fraction of sp³-hybridized carbons (Fsp3) is 0.355. The maximum Gasteiger partial charge on any atom is 0.411 e. The normalized spacial score (nSPS) is 19.0.